The van der Waals surface area contributed by atoms with Crippen LogP contribution in [0.3, 0.4) is 0 Å². The van der Waals surface area contributed by atoms with E-state index in [9.17, 15) is 13.2 Å². The molecule has 18 heavy (non-hydrogen) atoms. The van der Waals surface area contributed by atoms with Crippen LogP contribution in [0.15, 0.2) is 18.2 Å². The Labute approximate surface area is 103 Å². The number of methoxy groups -OCH3 is 1. The third kappa shape index (κ3) is 2.94. The molecule has 0 unspecified atom stereocenters. The second-order valence-electron chi connectivity index (χ2n) is 4.51. The molecule has 0 amide bonds. The van der Waals surface area contributed by atoms with Gasteiger partial charge < -0.3 is 10.5 Å². The van der Waals surface area contributed by atoms with Crippen molar-refractivity contribution in [2.75, 3.05) is 25.9 Å². The van der Waals surface area contributed by atoms with Gasteiger partial charge in [-0.2, -0.15) is 13.2 Å². The van der Waals surface area contributed by atoms with Gasteiger partial charge in [0, 0.05) is 32.4 Å². The fraction of sp³-hybridized carbons (Fsp3) is 0.500. The number of hydrogen-bond acceptors (Lipinski definition) is 3. The number of nitrogens with two attached hydrogens (primary N) is 1. The fourth-order valence-corrected chi connectivity index (χ4v) is 2.03. The molecule has 0 spiro atoms. The summed E-state index contributed by atoms with van der Waals surface area (Å²) in [5, 5.41) is 0. The van der Waals surface area contributed by atoms with Crippen LogP contribution in [0.5, 0.6) is 0 Å². The van der Waals surface area contributed by atoms with Gasteiger partial charge in [0.05, 0.1) is 11.7 Å². The van der Waals surface area contributed by atoms with Crippen LogP contribution in [0, 0.1) is 0 Å². The molecule has 1 saturated heterocycles. The minimum Gasteiger partial charge on any atom is -0.399 e. The van der Waals surface area contributed by atoms with E-state index in [1.165, 1.54) is 0 Å². The number of rotatable bonds is 3. The van der Waals surface area contributed by atoms with Crippen LogP contribution in [0.2, 0.25) is 0 Å². The maximum absolute atomic E-state index is 12.6. The second-order valence-corrected chi connectivity index (χ2v) is 4.51. The highest BCUT2D eigenvalue weighted by molar-refractivity contribution is 5.45. The highest BCUT2D eigenvalue weighted by Crippen LogP contribution is 2.31. The first-order valence-electron chi connectivity index (χ1n) is 5.60. The molecule has 2 rings (SSSR count). The molecule has 6 heteroatoms. The van der Waals surface area contributed by atoms with Crippen LogP contribution in [-0.4, -0.2) is 31.2 Å². The van der Waals surface area contributed by atoms with Crippen LogP contribution >= 0.6 is 0 Å². The zero-order chi connectivity index (χ0) is 13.3. The quantitative estimate of drug-likeness (QED) is 0.846. The Bertz CT molecular complexity index is 428. The molecule has 0 atom stereocenters. The van der Waals surface area contributed by atoms with Crippen LogP contribution in [0.25, 0.3) is 0 Å². The Morgan fingerprint density at radius 2 is 2.00 bits per heavy atom. The van der Waals surface area contributed by atoms with Crippen LogP contribution in [0.1, 0.15) is 11.1 Å². The lowest BCUT2D eigenvalue weighted by Gasteiger charge is -2.38. The van der Waals surface area contributed by atoms with Crippen molar-refractivity contribution >= 4 is 5.69 Å². The van der Waals surface area contributed by atoms with Crippen molar-refractivity contribution in [1.82, 2.24) is 4.90 Å². The SMILES string of the molecule is COC1CN(Cc2cc(N)cc(C(F)(F)F)c2)C1. The first kappa shape index (κ1) is 13.2. The van der Waals surface area contributed by atoms with E-state index in [2.05, 4.69) is 0 Å². The van der Waals surface area contributed by atoms with Gasteiger partial charge in [-0.15, -0.1) is 0 Å². The van der Waals surface area contributed by atoms with Gasteiger partial charge in [-0.05, 0) is 23.8 Å². The van der Waals surface area contributed by atoms with Crippen molar-refractivity contribution in [1.29, 1.82) is 0 Å². The Morgan fingerprint density at radius 3 is 2.56 bits per heavy atom. The summed E-state index contributed by atoms with van der Waals surface area (Å²) in [5.41, 5.74) is 5.53. The van der Waals surface area contributed by atoms with Crippen LogP contribution < -0.4 is 5.73 Å². The third-order valence-corrected chi connectivity index (χ3v) is 3.01. The molecule has 1 heterocycles. The summed E-state index contributed by atoms with van der Waals surface area (Å²) in [6, 6.07) is 3.68. The minimum atomic E-state index is -4.35. The zero-order valence-electron chi connectivity index (χ0n) is 10.00. The molecule has 3 nitrogen and oxygen atoms in total. The van der Waals surface area contributed by atoms with E-state index in [-0.39, 0.29) is 11.8 Å². The van der Waals surface area contributed by atoms with E-state index < -0.39 is 11.7 Å². The first-order chi connectivity index (χ1) is 8.38. The van der Waals surface area contributed by atoms with Gasteiger partial charge in [0.25, 0.3) is 0 Å². The van der Waals surface area contributed by atoms with E-state index in [1.807, 2.05) is 4.90 Å². The monoisotopic (exact) mass is 260 g/mol. The second kappa shape index (κ2) is 4.78. The van der Waals surface area contributed by atoms with E-state index in [0.717, 1.165) is 25.2 Å². The summed E-state index contributed by atoms with van der Waals surface area (Å²) in [6.07, 6.45) is -4.16. The summed E-state index contributed by atoms with van der Waals surface area (Å²) < 4.78 is 42.9. The number of anilines is 1. The average molecular weight is 260 g/mol. The molecular weight excluding hydrogens is 245 g/mol. The van der Waals surface area contributed by atoms with Crippen LogP contribution in [-0.2, 0) is 17.5 Å². The highest BCUT2D eigenvalue weighted by Gasteiger charge is 2.32. The van der Waals surface area contributed by atoms with Crippen molar-refractivity contribution < 1.29 is 17.9 Å². The number of likely N-dealkylation sites (tertiary alicyclic amines) is 1. The van der Waals surface area contributed by atoms with Crippen molar-refractivity contribution in [2.24, 2.45) is 0 Å². The van der Waals surface area contributed by atoms with E-state index in [1.54, 1.807) is 13.2 Å². The Hall–Kier alpha value is -1.27. The summed E-state index contributed by atoms with van der Waals surface area (Å²) in [7, 11) is 1.63. The Balaban J connectivity index is 2.07. The lowest BCUT2D eigenvalue weighted by Crippen LogP contribution is -2.50. The Morgan fingerprint density at radius 1 is 1.33 bits per heavy atom. The molecule has 100 valence electrons. The smallest absolute Gasteiger partial charge is 0.399 e. The van der Waals surface area contributed by atoms with Gasteiger partial charge >= 0.3 is 6.18 Å². The lowest BCUT2D eigenvalue weighted by molar-refractivity contribution is -0.137. The number of hydrogen-bond donors (Lipinski definition) is 1. The molecule has 1 aromatic rings. The molecule has 1 aliphatic heterocycles. The number of halogens is 3. The van der Waals surface area contributed by atoms with Gasteiger partial charge in [0.1, 0.15) is 0 Å². The van der Waals surface area contributed by atoms with Crippen molar-refractivity contribution in [3.05, 3.63) is 29.3 Å². The summed E-state index contributed by atoms with van der Waals surface area (Å²) in [6.45, 7) is 1.95. The number of nitrogens with zero attached hydrogens (tertiary/aromatic N) is 1. The number of benzene rings is 1. The number of ether oxygens (including phenoxy) is 1. The van der Waals surface area contributed by atoms with E-state index in [4.69, 9.17) is 10.5 Å². The average Bonchev–Trinajstić information content (AvgIpc) is 2.20. The van der Waals surface area contributed by atoms with Crippen molar-refractivity contribution in [3.8, 4) is 0 Å². The van der Waals surface area contributed by atoms with Crippen molar-refractivity contribution in [2.45, 2.75) is 18.8 Å². The molecule has 0 aliphatic carbocycles. The maximum atomic E-state index is 12.6. The van der Waals surface area contributed by atoms with Gasteiger partial charge in [-0.1, -0.05) is 0 Å². The molecule has 0 radical (unpaired) electrons. The van der Waals surface area contributed by atoms with E-state index in [0.29, 0.717) is 12.1 Å². The Kier molecular flexibility index (Phi) is 3.49. The molecule has 1 fully saturated rings. The summed E-state index contributed by atoms with van der Waals surface area (Å²) in [4.78, 5) is 2.02. The molecule has 0 aromatic heterocycles. The van der Waals surface area contributed by atoms with Gasteiger partial charge in [0.15, 0.2) is 0 Å². The molecule has 0 bridgehead atoms. The first-order valence-corrected chi connectivity index (χ1v) is 5.60. The van der Waals surface area contributed by atoms with Crippen LogP contribution in [0.4, 0.5) is 18.9 Å². The van der Waals surface area contributed by atoms with Gasteiger partial charge in [0.2, 0.25) is 0 Å². The molecule has 0 saturated carbocycles. The largest absolute Gasteiger partial charge is 0.416 e. The molecule has 2 N–H and O–H groups in total. The topological polar surface area (TPSA) is 38.5 Å². The molecular formula is C12H15F3N2O. The third-order valence-electron chi connectivity index (χ3n) is 3.01. The lowest BCUT2D eigenvalue weighted by atomic mass is 10.1. The predicted molar refractivity (Wildman–Crippen MR) is 61.9 cm³/mol. The van der Waals surface area contributed by atoms with Crippen molar-refractivity contribution in [3.63, 3.8) is 0 Å². The van der Waals surface area contributed by atoms with Gasteiger partial charge in [-0.25, -0.2) is 0 Å². The minimum absolute atomic E-state index is 0.142. The zero-order valence-corrected chi connectivity index (χ0v) is 10.00. The molecule has 1 aromatic carbocycles. The fourth-order valence-electron chi connectivity index (χ4n) is 2.03. The maximum Gasteiger partial charge on any atom is 0.416 e. The summed E-state index contributed by atoms with van der Waals surface area (Å²) >= 11 is 0. The highest BCUT2D eigenvalue weighted by atomic mass is 19.4. The molecule has 1 aliphatic rings. The number of nitrogen functional groups attached to an aromatic ring is 1. The normalized spacial score (nSPS) is 17.8. The predicted octanol–water partition coefficient (Wildman–Crippen LogP) is 2.12. The van der Waals surface area contributed by atoms with Gasteiger partial charge in [-0.3, -0.25) is 4.90 Å². The summed E-state index contributed by atoms with van der Waals surface area (Å²) in [5.74, 6) is 0. The standard InChI is InChI=1S/C12H15F3N2O/c1-18-11-6-17(7-11)5-8-2-9(12(13,14)15)4-10(16)3-8/h2-4,11H,5-7,16H2,1H3. The number of alkyl halides is 3. The van der Waals surface area contributed by atoms with E-state index >= 15 is 0 Å².